The summed E-state index contributed by atoms with van der Waals surface area (Å²) in [6.07, 6.45) is 0.670. The summed E-state index contributed by atoms with van der Waals surface area (Å²) in [5, 5.41) is 5.16. The van der Waals surface area contributed by atoms with Crippen LogP contribution < -0.4 is 10.7 Å². The summed E-state index contributed by atoms with van der Waals surface area (Å²) >= 11 is 0. The third kappa shape index (κ3) is 3.10. The van der Waals surface area contributed by atoms with Gasteiger partial charge < -0.3 is 5.73 Å². The topological polar surface area (TPSA) is 79.0 Å². The van der Waals surface area contributed by atoms with Gasteiger partial charge in [0.2, 0.25) is 0 Å². The minimum atomic E-state index is -5.37. The number of nitrogens with two attached hydrogens (primary N) is 1. The molecule has 0 saturated heterocycles. The summed E-state index contributed by atoms with van der Waals surface area (Å²) in [7, 11) is -5.37. The molecule has 0 atom stereocenters. The zero-order chi connectivity index (χ0) is 15.7. The molecule has 2 rings (SSSR count). The van der Waals surface area contributed by atoms with Crippen molar-refractivity contribution in [2.24, 2.45) is 10.8 Å². The lowest BCUT2D eigenvalue weighted by Gasteiger charge is -2.29. The van der Waals surface area contributed by atoms with Crippen LogP contribution in [0.15, 0.2) is 29.4 Å². The second-order valence-corrected chi connectivity index (χ2v) is 6.17. The summed E-state index contributed by atoms with van der Waals surface area (Å²) in [5.41, 5.74) is 1.68. The Hall–Kier alpha value is -1.81. The van der Waals surface area contributed by atoms with Crippen LogP contribution in [0.25, 0.3) is 0 Å². The number of nitrogens with zero attached hydrogens (tertiary/aromatic N) is 3. The lowest BCUT2D eigenvalue weighted by Crippen LogP contribution is -2.46. The molecule has 10 heteroatoms. The summed E-state index contributed by atoms with van der Waals surface area (Å²) in [6, 6.07) is 6.97. The van der Waals surface area contributed by atoms with E-state index in [2.05, 4.69) is 5.10 Å². The molecule has 0 unspecified atom stereocenters. The van der Waals surface area contributed by atoms with Crippen LogP contribution in [0.4, 0.5) is 18.9 Å². The molecule has 0 radical (unpaired) electrons. The molecule has 0 fully saturated rings. The molecule has 1 aromatic rings. The monoisotopic (exact) mass is 322 g/mol. The number of sulfonamides is 1. The Balaban J connectivity index is 2.15. The van der Waals surface area contributed by atoms with E-state index in [0.29, 0.717) is 18.6 Å². The Morgan fingerprint density at radius 1 is 1.19 bits per heavy atom. The summed E-state index contributed by atoms with van der Waals surface area (Å²) in [6.45, 7) is 0.0684. The molecule has 116 valence electrons. The van der Waals surface area contributed by atoms with Gasteiger partial charge in [0, 0.05) is 6.54 Å². The lowest BCUT2D eigenvalue weighted by molar-refractivity contribution is -0.0471. The van der Waals surface area contributed by atoms with Crippen molar-refractivity contribution >= 4 is 22.0 Å². The van der Waals surface area contributed by atoms with Crippen LogP contribution in [0.2, 0.25) is 0 Å². The van der Waals surface area contributed by atoms with Crippen LogP contribution in [0, 0.1) is 0 Å². The summed E-state index contributed by atoms with van der Waals surface area (Å²) < 4.78 is 59.8. The Labute approximate surface area is 119 Å². The van der Waals surface area contributed by atoms with Crippen LogP contribution in [0.5, 0.6) is 0 Å². The molecule has 0 aliphatic carbocycles. The molecule has 1 aliphatic rings. The van der Waals surface area contributed by atoms with Crippen molar-refractivity contribution in [3.8, 4) is 0 Å². The van der Waals surface area contributed by atoms with E-state index < -0.39 is 15.5 Å². The van der Waals surface area contributed by atoms with Gasteiger partial charge in [0.1, 0.15) is 6.34 Å². The van der Waals surface area contributed by atoms with Crippen molar-refractivity contribution in [1.82, 2.24) is 4.31 Å². The first-order valence-electron chi connectivity index (χ1n) is 5.94. The maximum atomic E-state index is 12.4. The molecule has 1 aliphatic heterocycles. The molecular weight excluding hydrogens is 309 g/mol. The fourth-order valence-electron chi connectivity index (χ4n) is 1.74. The third-order valence-corrected chi connectivity index (χ3v) is 4.40. The van der Waals surface area contributed by atoms with Crippen molar-refractivity contribution in [1.29, 1.82) is 0 Å². The first kappa shape index (κ1) is 15.6. The second-order valence-electron chi connectivity index (χ2n) is 4.29. The SMILES string of the molecule is NCc1ccc(N2CCN(S(=O)(=O)C(F)(F)F)C=N2)cc1. The molecular formula is C11H13F3N4O2S. The molecule has 0 amide bonds. The van der Waals surface area contributed by atoms with Crippen LogP contribution in [0.1, 0.15) is 5.56 Å². The smallest absolute Gasteiger partial charge is 0.326 e. The van der Waals surface area contributed by atoms with Crippen LogP contribution in [0.3, 0.4) is 0 Å². The van der Waals surface area contributed by atoms with Crippen LogP contribution >= 0.6 is 0 Å². The summed E-state index contributed by atoms with van der Waals surface area (Å²) in [4.78, 5) is 0. The number of hydrogen-bond donors (Lipinski definition) is 1. The number of rotatable bonds is 3. The summed E-state index contributed by atoms with van der Waals surface area (Å²) in [5.74, 6) is 0. The molecule has 0 bridgehead atoms. The Kier molecular flexibility index (Phi) is 4.10. The van der Waals surface area contributed by atoms with Gasteiger partial charge >= 0.3 is 15.5 Å². The number of benzene rings is 1. The highest BCUT2D eigenvalue weighted by Gasteiger charge is 2.50. The van der Waals surface area contributed by atoms with Gasteiger partial charge in [0.25, 0.3) is 0 Å². The van der Waals surface area contributed by atoms with E-state index in [1.165, 1.54) is 5.01 Å². The van der Waals surface area contributed by atoms with E-state index in [9.17, 15) is 21.6 Å². The first-order chi connectivity index (χ1) is 9.75. The minimum absolute atomic E-state index is 0.0216. The average molecular weight is 322 g/mol. The zero-order valence-electron chi connectivity index (χ0n) is 10.8. The number of hydrogen-bond acceptors (Lipinski definition) is 5. The minimum Gasteiger partial charge on any atom is -0.326 e. The molecule has 0 spiro atoms. The normalized spacial score (nSPS) is 16.4. The van der Waals surface area contributed by atoms with Crippen LogP contribution in [-0.2, 0) is 16.6 Å². The predicted molar refractivity (Wildman–Crippen MR) is 71.9 cm³/mol. The maximum absolute atomic E-state index is 12.4. The zero-order valence-corrected chi connectivity index (χ0v) is 11.6. The van der Waals surface area contributed by atoms with E-state index in [1.807, 2.05) is 0 Å². The molecule has 0 aromatic heterocycles. The first-order valence-corrected chi connectivity index (χ1v) is 7.38. The Morgan fingerprint density at radius 3 is 2.24 bits per heavy atom. The number of hydrazone groups is 1. The highest BCUT2D eigenvalue weighted by Crippen LogP contribution is 2.27. The molecule has 21 heavy (non-hydrogen) atoms. The van der Waals surface area contributed by atoms with Gasteiger partial charge in [-0.15, -0.1) is 0 Å². The standard InChI is InChI=1S/C11H13F3N4O2S/c12-11(13,14)21(19,20)17-5-6-18(16-8-17)10-3-1-9(7-15)2-4-10/h1-4,8H,5-7,15H2. The van der Waals surface area contributed by atoms with E-state index in [1.54, 1.807) is 24.3 Å². The van der Waals surface area contributed by atoms with Crippen molar-refractivity contribution in [2.45, 2.75) is 12.1 Å². The highest BCUT2D eigenvalue weighted by atomic mass is 32.2. The fourth-order valence-corrected chi connectivity index (χ4v) is 2.50. The van der Waals surface area contributed by atoms with E-state index >= 15 is 0 Å². The van der Waals surface area contributed by atoms with E-state index in [4.69, 9.17) is 5.73 Å². The van der Waals surface area contributed by atoms with Gasteiger partial charge in [0.15, 0.2) is 0 Å². The van der Waals surface area contributed by atoms with Crippen molar-refractivity contribution in [3.05, 3.63) is 29.8 Å². The van der Waals surface area contributed by atoms with Crippen molar-refractivity contribution in [3.63, 3.8) is 0 Å². The molecule has 6 nitrogen and oxygen atoms in total. The van der Waals surface area contributed by atoms with Gasteiger partial charge in [-0.25, -0.2) is 4.31 Å². The Bertz CT molecular complexity index is 628. The average Bonchev–Trinajstić information content (AvgIpc) is 2.46. The van der Waals surface area contributed by atoms with Crippen molar-refractivity contribution in [2.75, 3.05) is 18.1 Å². The molecule has 0 saturated carbocycles. The largest absolute Gasteiger partial charge is 0.516 e. The molecule has 1 heterocycles. The van der Waals surface area contributed by atoms with Crippen LogP contribution in [-0.4, -0.2) is 37.7 Å². The van der Waals surface area contributed by atoms with Gasteiger partial charge in [-0.2, -0.15) is 26.7 Å². The Morgan fingerprint density at radius 2 is 1.81 bits per heavy atom. The van der Waals surface area contributed by atoms with E-state index in [0.717, 1.165) is 5.56 Å². The van der Waals surface area contributed by atoms with Gasteiger partial charge in [-0.1, -0.05) is 12.1 Å². The van der Waals surface area contributed by atoms with Gasteiger partial charge in [-0.3, -0.25) is 5.01 Å². The number of halogens is 3. The van der Waals surface area contributed by atoms with Crippen molar-refractivity contribution < 1.29 is 21.6 Å². The molecule has 1 aromatic carbocycles. The number of anilines is 1. The quantitative estimate of drug-likeness (QED) is 0.902. The lowest BCUT2D eigenvalue weighted by atomic mass is 10.2. The van der Waals surface area contributed by atoms with Gasteiger partial charge in [-0.05, 0) is 17.7 Å². The van der Waals surface area contributed by atoms with E-state index in [-0.39, 0.29) is 17.4 Å². The highest BCUT2D eigenvalue weighted by molar-refractivity contribution is 7.90. The second kappa shape index (κ2) is 5.53. The maximum Gasteiger partial charge on any atom is 0.516 e. The third-order valence-electron chi connectivity index (χ3n) is 2.92. The predicted octanol–water partition coefficient (Wildman–Crippen LogP) is 1.06. The van der Waals surface area contributed by atoms with Gasteiger partial charge in [0.05, 0.1) is 18.8 Å². The number of alkyl halides is 3. The molecule has 2 N–H and O–H groups in total. The fraction of sp³-hybridized carbons (Fsp3) is 0.364.